The Morgan fingerprint density at radius 1 is 1.12 bits per heavy atom. The molecular formula is C23H30N4O4S. The fourth-order valence-electron chi connectivity index (χ4n) is 2.98. The molecule has 0 bridgehead atoms. The Morgan fingerprint density at radius 3 is 2.34 bits per heavy atom. The summed E-state index contributed by atoms with van der Waals surface area (Å²) >= 11 is 5.38. The highest BCUT2D eigenvalue weighted by atomic mass is 32.1. The van der Waals surface area contributed by atoms with E-state index in [1.165, 1.54) is 6.08 Å². The number of anilines is 1. The lowest BCUT2D eigenvalue weighted by Gasteiger charge is -2.23. The monoisotopic (exact) mass is 458 g/mol. The van der Waals surface area contributed by atoms with Gasteiger partial charge in [0.2, 0.25) is 11.7 Å². The number of thiocarbonyl (C=S) groups is 1. The maximum atomic E-state index is 12.6. The lowest BCUT2D eigenvalue weighted by atomic mass is 10.1. The molecule has 9 heteroatoms. The van der Waals surface area contributed by atoms with Crippen molar-refractivity contribution < 1.29 is 19.0 Å². The highest BCUT2D eigenvalue weighted by Crippen LogP contribution is 2.38. The van der Waals surface area contributed by atoms with Gasteiger partial charge in [-0.1, -0.05) is 13.8 Å². The Kier molecular flexibility index (Phi) is 9.75. The first-order chi connectivity index (χ1) is 15.4. The number of hydrogen-bond acceptors (Lipinski definition) is 6. The van der Waals surface area contributed by atoms with Crippen molar-refractivity contribution in [1.82, 2.24) is 15.6 Å². The Hall–Kier alpha value is -3.33. The average Bonchev–Trinajstić information content (AvgIpc) is 2.76. The Morgan fingerprint density at radius 2 is 1.81 bits per heavy atom. The number of aromatic nitrogens is 1. The fraction of sp³-hybridized carbons (Fsp3) is 0.348. The summed E-state index contributed by atoms with van der Waals surface area (Å²) < 4.78 is 16.0. The van der Waals surface area contributed by atoms with Gasteiger partial charge in [0.05, 0.1) is 33.2 Å². The first-order valence-electron chi connectivity index (χ1n) is 10.1. The molecule has 0 spiro atoms. The second-order valence-corrected chi connectivity index (χ2v) is 7.73. The van der Waals surface area contributed by atoms with E-state index in [1.54, 1.807) is 51.9 Å². The van der Waals surface area contributed by atoms with Crippen LogP contribution in [0.4, 0.5) is 5.69 Å². The molecule has 1 atom stereocenters. The molecule has 0 aliphatic rings. The van der Waals surface area contributed by atoms with Gasteiger partial charge in [-0.3, -0.25) is 9.78 Å². The van der Waals surface area contributed by atoms with Crippen LogP contribution >= 0.6 is 12.2 Å². The van der Waals surface area contributed by atoms with Crippen LogP contribution < -0.4 is 30.2 Å². The lowest BCUT2D eigenvalue weighted by Crippen LogP contribution is -2.49. The van der Waals surface area contributed by atoms with Gasteiger partial charge < -0.3 is 30.2 Å². The minimum absolute atomic E-state index is 0.263. The number of rotatable bonds is 10. The van der Waals surface area contributed by atoms with Gasteiger partial charge in [-0.2, -0.15) is 0 Å². The van der Waals surface area contributed by atoms with Crippen molar-refractivity contribution in [3.63, 3.8) is 0 Å². The van der Waals surface area contributed by atoms with E-state index in [2.05, 4.69) is 34.8 Å². The summed E-state index contributed by atoms with van der Waals surface area (Å²) in [5.74, 6) is 1.60. The van der Waals surface area contributed by atoms with E-state index in [4.69, 9.17) is 26.4 Å². The van der Waals surface area contributed by atoms with E-state index < -0.39 is 0 Å². The van der Waals surface area contributed by atoms with E-state index in [1.807, 2.05) is 12.1 Å². The van der Waals surface area contributed by atoms with E-state index >= 15 is 0 Å². The van der Waals surface area contributed by atoms with Gasteiger partial charge in [0, 0.05) is 12.3 Å². The van der Waals surface area contributed by atoms with Crippen molar-refractivity contribution in [3.05, 3.63) is 48.3 Å². The molecule has 0 radical (unpaired) electrons. The number of nitrogens with zero attached hydrogens (tertiary/aromatic N) is 1. The molecule has 172 valence electrons. The molecule has 3 N–H and O–H groups in total. The number of methoxy groups -OCH3 is 3. The molecule has 2 aromatic rings. The van der Waals surface area contributed by atoms with Crippen LogP contribution in [0.15, 0.2) is 42.7 Å². The van der Waals surface area contributed by atoms with Crippen LogP contribution in [-0.2, 0) is 4.79 Å². The van der Waals surface area contributed by atoms with Crippen LogP contribution in [0.1, 0.15) is 25.8 Å². The van der Waals surface area contributed by atoms with Crippen LogP contribution in [0.2, 0.25) is 0 Å². The first-order valence-corrected chi connectivity index (χ1v) is 10.5. The zero-order valence-electron chi connectivity index (χ0n) is 19.0. The number of amides is 1. The number of nitrogens with one attached hydrogen (secondary N) is 3. The van der Waals surface area contributed by atoms with Crippen LogP contribution in [0.25, 0.3) is 6.08 Å². The second kappa shape index (κ2) is 12.5. The first kappa shape index (κ1) is 24.9. The second-order valence-electron chi connectivity index (χ2n) is 7.32. The third kappa shape index (κ3) is 7.73. The highest BCUT2D eigenvalue weighted by molar-refractivity contribution is 7.80. The molecule has 0 aliphatic carbocycles. The van der Waals surface area contributed by atoms with Gasteiger partial charge in [-0.05, 0) is 60.5 Å². The SMILES string of the molecule is COc1cc(C=CC(=O)NC(CC(C)C)NC(=S)Nc2cccnc2)cc(OC)c1OC. The molecule has 1 heterocycles. The Bertz CT molecular complexity index is 910. The maximum absolute atomic E-state index is 12.6. The van der Waals surface area contributed by atoms with Crippen LogP contribution in [-0.4, -0.2) is 43.5 Å². The predicted molar refractivity (Wildman–Crippen MR) is 130 cm³/mol. The smallest absolute Gasteiger partial charge is 0.245 e. The molecule has 0 aliphatic heterocycles. The van der Waals surface area contributed by atoms with Crippen LogP contribution in [0.3, 0.4) is 0 Å². The summed E-state index contributed by atoms with van der Waals surface area (Å²) in [7, 11) is 4.63. The van der Waals surface area contributed by atoms with Gasteiger partial charge in [-0.15, -0.1) is 0 Å². The largest absolute Gasteiger partial charge is 0.493 e. The molecule has 1 amide bonds. The Balaban J connectivity index is 2.06. The van der Waals surface area contributed by atoms with Crippen molar-refractivity contribution in [2.24, 2.45) is 5.92 Å². The third-order valence-electron chi connectivity index (χ3n) is 4.36. The number of benzene rings is 1. The van der Waals surface area contributed by atoms with Crippen LogP contribution in [0, 0.1) is 5.92 Å². The van der Waals surface area contributed by atoms with E-state index in [0.717, 1.165) is 11.3 Å². The molecule has 0 saturated carbocycles. The molecular weight excluding hydrogens is 428 g/mol. The molecule has 0 saturated heterocycles. The number of carbonyl (C=O) groups is 1. The quantitative estimate of drug-likeness (QED) is 0.283. The molecule has 0 fully saturated rings. The van der Waals surface area contributed by atoms with Gasteiger partial charge in [-0.25, -0.2) is 0 Å². The Labute approximate surface area is 194 Å². The summed E-state index contributed by atoms with van der Waals surface area (Å²) in [6.45, 7) is 4.15. The van der Waals surface area contributed by atoms with Gasteiger partial charge in [0.1, 0.15) is 6.17 Å². The predicted octanol–water partition coefficient (Wildman–Crippen LogP) is 3.60. The average molecular weight is 459 g/mol. The zero-order chi connectivity index (χ0) is 23.5. The summed E-state index contributed by atoms with van der Waals surface area (Å²) in [6.07, 6.45) is 6.84. The van der Waals surface area contributed by atoms with E-state index in [9.17, 15) is 4.79 Å². The number of pyridine rings is 1. The summed E-state index contributed by atoms with van der Waals surface area (Å²) in [5, 5.41) is 9.56. The van der Waals surface area contributed by atoms with Gasteiger partial charge in [0.25, 0.3) is 0 Å². The molecule has 32 heavy (non-hydrogen) atoms. The zero-order valence-corrected chi connectivity index (χ0v) is 19.8. The molecule has 1 aromatic heterocycles. The van der Waals surface area contributed by atoms with Crippen molar-refractivity contribution in [3.8, 4) is 17.2 Å². The minimum atomic E-state index is -0.344. The topological polar surface area (TPSA) is 93.7 Å². The molecule has 8 nitrogen and oxygen atoms in total. The maximum Gasteiger partial charge on any atom is 0.245 e. The molecule has 1 unspecified atom stereocenters. The summed E-state index contributed by atoms with van der Waals surface area (Å²) in [4.78, 5) is 16.6. The summed E-state index contributed by atoms with van der Waals surface area (Å²) in [6, 6.07) is 7.20. The molecule has 1 aromatic carbocycles. The normalized spacial score (nSPS) is 11.7. The fourth-order valence-corrected chi connectivity index (χ4v) is 3.24. The van der Waals surface area contributed by atoms with Gasteiger partial charge >= 0.3 is 0 Å². The van der Waals surface area contributed by atoms with E-state index in [-0.39, 0.29) is 12.1 Å². The van der Waals surface area contributed by atoms with Crippen molar-refractivity contribution in [2.45, 2.75) is 26.4 Å². The number of ether oxygens (including phenoxy) is 3. The molecule has 2 rings (SSSR count). The third-order valence-corrected chi connectivity index (χ3v) is 4.58. The van der Waals surface area contributed by atoms with Crippen molar-refractivity contribution >= 4 is 35.0 Å². The minimum Gasteiger partial charge on any atom is -0.493 e. The van der Waals surface area contributed by atoms with Crippen LogP contribution in [0.5, 0.6) is 17.2 Å². The highest BCUT2D eigenvalue weighted by Gasteiger charge is 2.15. The number of hydrogen-bond donors (Lipinski definition) is 3. The summed E-state index contributed by atoms with van der Waals surface area (Å²) in [5.41, 5.74) is 1.50. The number of carbonyl (C=O) groups excluding carboxylic acids is 1. The van der Waals surface area contributed by atoms with Crippen molar-refractivity contribution in [1.29, 1.82) is 0 Å². The standard InChI is InChI=1S/C23H30N4O4S/c1-15(2)11-20(27-23(32)25-17-7-6-10-24-14-17)26-21(28)9-8-16-12-18(29-3)22(31-5)19(13-16)30-4/h6-10,12-15,20H,11H2,1-5H3,(H,26,28)(H2,25,27,32). The van der Waals surface area contributed by atoms with E-state index in [0.29, 0.717) is 34.7 Å². The lowest BCUT2D eigenvalue weighted by molar-refractivity contribution is -0.117. The van der Waals surface area contributed by atoms with Crippen molar-refractivity contribution in [2.75, 3.05) is 26.6 Å². The van der Waals surface area contributed by atoms with Gasteiger partial charge in [0.15, 0.2) is 16.6 Å².